The second-order valence-corrected chi connectivity index (χ2v) is 4.43. The zero-order chi connectivity index (χ0) is 15.4. The third-order valence-electron chi connectivity index (χ3n) is 2.86. The van der Waals surface area contributed by atoms with Crippen molar-refractivity contribution >= 4 is 11.9 Å². The fourth-order valence-electron chi connectivity index (χ4n) is 1.65. The van der Waals surface area contributed by atoms with Gasteiger partial charge in [0.25, 0.3) is 0 Å². The van der Waals surface area contributed by atoms with E-state index in [1.165, 1.54) is 0 Å². The van der Waals surface area contributed by atoms with Crippen molar-refractivity contribution in [3.8, 4) is 0 Å². The van der Waals surface area contributed by atoms with E-state index >= 15 is 0 Å². The van der Waals surface area contributed by atoms with Crippen LogP contribution in [-0.2, 0) is 14.3 Å². The maximum Gasteiger partial charge on any atom is 0.331 e. The molecule has 0 aromatic heterocycles. The zero-order valence-corrected chi connectivity index (χ0v) is 10.5. The van der Waals surface area contributed by atoms with Crippen LogP contribution in [-0.4, -0.2) is 74.7 Å². The van der Waals surface area contributed by atoms with E-state index in [1.807, 2.05) is 0 Å². The lowest BCUT2D eigenvalue weighted by Gasteiger charge is -2.38. The first-order valence-electron chi connectivity index (χ1n) is 5.79. The molecule has 0 spiro atoms. The molecule has 0 aromatic carbocycles. The summed E-state index contributed by atoms with van der Waals surface area (Å²) in [6.45, 7) is 2.91. The molecule has 1 heterocycles. The molecule has 0 aliphatic carbocycles. The van der Waals surface area contributed by atoms with Gasteiger partial charge in [0.05, 0.1) is 6.42 Å². The van der Waals surface area contributed by atoms with E-state index in [-0.39, 0.29) is 12.1 Å². The van der Waals surface area contributed by atoms with Crippen molar-refractivity contribution in [1.82, 2.24) is 5.32 Å². The Morgan fingerprint density at radius 3 is 2.25 bits per heavy atom. The molecule has 1 saturated heterocycles. The topological polar surface area (TPSA) is 157 Å². The first-order valence-corrected chi connectivity index (χ1v) is 5.79. The number of nitrogens with one attached hydrogen (secondary N) is 1. The number of carbonyl (C=O) groups excluding carboxylic acids is 1. The average Bonchev–Trinajstić information content (AvgIpc) is 2.38. The fraction of sp³-hybridized carbons (Fsp3) is 0.636. The molecule has 0 bridgehead atoms. The zero-order valence-electron chi connectivity index (χ0n) is 10.5. The van der Waals surface area contributed by atoms with Gasteiger partial charge in [0.2, 0.25) is 5.91 Å². The van der Waals surface area contributed by atoms with Crippen LogP contribution in [0.3, 0.4) is 0 Å². The maximum atomic E-state index is 11.4. The molecular formula is C11H17NO8. The first kappa shape index (κ1) is 16.5. The number of hydrogen-bond donors (Lipinski definition) is 6. The van der Waals surface area contributed by atoms with Gasteiger partial charge in [-0.25, -0.2) is 4.79 Å². The largest absolute Gasteiger partial charge is 0.478 e. The van der Waals surface area contributed by atoms with E-state index in [9.17, 15) is 30.0 Å². The molecule has 114 valence electrons. The molecule has 1 rings (SSSR count). The normalized spacial score (nSPS) is 33.5. The lowest BCUT2D eigenvalue weighted by atomic mass is 9.99. The summed E-state index contributed by atoms with van der Waals surface area (Å²) < 4.78 is 4.83. The Hall–Kier alpha value is -1.52. The van der Waals surface area contributed by atoms with Gasteiger partial charge < -0.3 is 35.6 Å². The molecule has 6 N–H and O–H groups in total. The summed E-state index contributed by atoms with van der Waals surface area (Å²) >= 11 is 0. The van der Waals surface area contributed by atoms with Gasteiger partial charge in [0.1, 0.15) is 24.4 Å². The van der Waals surface area contributed by atoms with Gasteiger partial charge >= 0.3 is 5.97 Å². The second-order valence-electron chi connectivity index (χ2n) is 4.43. The SMILES string of the molecule is C=C(CC(=O)NCC1OC(O)C(O)C(O)C1O)C(=O)O. The number of aliphatic carboxylic acids is 1. The Morgan fingerprint density at radius 1 is 1.10 bits per heavy atom. The Morgan fingerprint density at radius 2 is 1.70 bits per heavy atom. The van der Waals surface area contributed by atoms with Crippen molar-refractivity contribution in [3.63, 3.8) is 0 Å². The van der Waals surface area contributed by atoms with Crippen molar-refractivity contribution in [2.24, 2.45) is 0 Å². The van der Waals surface area contributed by atoms with Gasteiger partial charge in [-0.3, -0.25) is 4.79 Å². The number of aliphatic hydroxyl groups is 4. The highest BCUT2D eigenvalue weighted by atomic mass is 16.6. The Kier molecular flexibility index (Phi) is 5.60. The van der Waals surface area contributed by atoms with E-state index in [4.69, 9.17) is 9.84 Å². The smallest absolute Gasteiger partial charge is 0.331 e. The van der Waals surface area contributed by atoms with Gasteiger partial charge in [-0.05, 0) is 0 Å². The predicted octanol–water partition coefficient (Wildman–Crippen LogP) is -3.07. The third-order valence-corrected chi connectivity index (χ3v) is 2.86. The van der Waals surface area contributed by atoms with Crippen LogP contribution in [0.2, 0.25) is 0 Å². The van der Waals surface area contributed by atoms with Crippen molar-refractivity contribution in [2.45, 2.75) is 37.1 Å². The number of amides is 1. The van der Waals surface area contributed by atoms with Gasteiger partial charge in [-0.15, -0.1) is 0 Å². The highest BCUT2D eigenvalue weighted by Crippen LogP contribution is 2.19. The van der Waals surface area contributed by atoms with E-state index < -0.39 is 49.0 Å². The predicted molar refractivity (Wildman–Crippen MR) is 63.3 cm³/mol. The molecule has 1 aliphatic heterocycles. The van der Waals surface area contributed by atoms with Crippen LogP contribution in [0.1, 0.15) is 6.42 Å². The van der Waals surface area contributed by atoms with E-state index in [0.717, 1.165) is 0 Å². The minimum atomic E-state index is -1.69. The summed E-state index contributed by atoms with van der Waals surface area (Å²) in [5.74, 6) is -1.97. The number of carboxylic acid groups (broad SMARTS) is 1. The van der Waals surface area contributed by atoms with E-state index in [0.29, 0.717) is 0 Å². The van der Waals surface area contributed by atoms with E-state index in [2.05, 4.69) is 11.9 Å². The van der Waals surface area contributed by atoms with Crippen LogP contribution >= 0.6 is 0 Å². The summed E-state index contributed by atoms with van der Waals surface area (Å²) in [6.07, 6.45) is -8.03. The molecule has 1 fully saturated rings. The number of rotatable bonds is 5. The van der Waals surface area contributed by atoms with Crippen LogP contribution in [0.4, 0.5) is 0 Å². The van der Waals surface area contributed by atoms with Crippen LogP contribution in [0.25, 0.3) is 0 Å². The van der Waals surface area contributed by atoms with Gasteiger partial charge in [-0.2, -0.15) is 0 Å². The summed E-state index contributed by atoms with van der Waals surface area (Å²) in [4.78, 5) is 21.9. The van der Waals surface area contributed by atoms with Gasteiger partial charge in [0, 0.05) is 12.1 Å². The van der Waals surface area contributed by atoms with Crippen molar-refractivity contribution < 1.29 is 39.9 Å². The minimum absolute atomic E-state index is 0.270. The lowest BCUT2D eigenvalue weighted by molar-refractivity contribution is -0.280. The fourth-order valence-corrected chi connectivity index (χ4v) is 1.65. The summed E-state index contributed by atoms with van der Waals surface area (Å²) in [7, 11) is 0. The standard InChI is InChI=1S/C11H17NO8/c1-4(10(17)18)2-6(13)12-3-5-7(14)8(15)9(16)11(19)20-5/h5,7-9,11,14-16,19H,1-3H2,(H,12,13)(H,17,18). The minimum Gasteiger partial charge on any atom is -0.478 e. The van der Waals surface area contributed by atoms with Crippen molar-refractivity contribution in [1.29, 1.82) is 0 Å². The second kappa shape index (κ2) is 6.77. The van der Waals surface area contributed by atoms with Gasteiger partial charge in [-0.1, -0.05) is 6.58 Å². The molecule has 1 aliphatic rings. The molecular weight excluding hydrogens is 274 g/mol. The molecule has 5 atom stereocenters. The molecule has 9 nitrogen and oxygen atoms in total. The quantitative estimate of drug-likeness (QED) is 0.291. The van der Waals surface area contributed by atoms with Gasteiger partial charge in [0.15, 0.2) is 6.29 Å². The van der Waals surface area contributed by atoms with Crippen LogP contribution in [0.5, 0.6) is 0 Å². The monoisotopic (exact) mass is 291 g/mol. The number of carboxylic acids is 1. The summed E-state index contributed by atoms with van der Waals surface area (Å²) in [5, 5.41) is 48.4. The molecule has 0 radical (unpaired) electrons. The Labute approximate surface area is 114 Å². The summed E-state index contributed by atoms with van der Waals surface area (Å²) in [5.41, 5.74) is -0.303. The highest BCUT2D eigenvalue weighted by molar-refractivity contribution is 5.93. The van der Waals surface area contributed by atoms with Crippen LogP contribution < -0.4 is 5.32 Å². The van der Waals surface area contributed by atoms with Crippen molar-refractivity contribution in [2.75, 3.05) is 6.54 Å². The lowest BCUT2D eigenvalue weighted by Crippen LogP contribution is -2.60. The maximum absolute atomic E-state index is 11.4. The number of hydrogen-bond acceptors (Lipinski definition) is 7. The summed E-state index contributed by atoms with van der Waals surface area (Å²) in [6, 6.07) is 0. The Bertz CT molecular complexity index is 398. The third kappa shape index (κ3) is 3.99. The number of carbonyl (C=O) groups is 2. The van der Waals surface area contributed by atoms with Crippen LogP contribution in [0, 0.1) is 0 Å². The molecule has 1 amide bonds. The first-order chi connectivity index (χ1) is 9.23. The average molecular weight is 291 g/mol. The highest BCUT2D eigenvalue weighted by Gasteiger charge is 2.42. The Balaban J connectivity index is 2.47. The molecule has 0 saturated carbocycles. The molecule has 0 aromatic rings. The van der Waals surface area contributed by atoms with E-state index in [1.54, 1.807) is 0 Å². The molecule has 20 heavy (non-hydrogen) atoms. The molecule has 5 unspecified atom stereocenters. The number of ether oxygens (including phenoxy) is 1. The van der Waals surface area contributed by atoms with Crippen molar-refractivity contribution in [3.05, 3.63) is 12.2 Å². The number of aliphatic hydroxyl groups excluding tert-OH is 4. The molecule has 9 heteroatoms. The van der Waals surface area contributed by atoms with Crippen LogP contribution in [0.15, 0.2) is 12.2 Å².